The van der Waals surface area contributed by atoms with Crippen LogP contribution in [0.1, 0.15) is 27.4 Å². The van der Waals surface area contributed by atoms with Crippen LogP contribution in [0.15, 0.2) is 48.5 Å². The predicted molar refractivity (Wildman–Crippen MR) is 152 cm³/mol. The van der Waals surface area contributed by atoms with Crippen LogP contribution in [-0.2, 0) is 20.5 Å². The fourth-order valence-electron chi connectivity index (χ4n) is 4.39. The zero-order chi connectivity index (χ0) is 36.9. The molecule has 1 aliphatic rings. The smallest absolute Gasteiger partial charge is 0.326 e. The lowest BCUT2D eigenvalue weighted by Gasteiger charge is -2.19. The molecule has 7 nitrogen and oxygen atoms in total. The summed E-state index contributed by atoms with van der Waals surface area (Å²) in [7, 11) is 0. The normalized spacial score (nSPS) is 17.3. The largest absolute Gasteiger partial charge is 0.482 e. The average Bonchev–Trinajstić information content (AvgIpc) is 3.57. The van der Waals surface area contributed by atoms with Gasteiger partial charge in [-0.1, -0.05) is 17.7 Å². The summed E-state index contributed by atoms with van der Waals surface area (Å²) in [4.78, 5) is 37.7. The number of anilines is 3. The van der Waals surface area contributed by atoms with Gasteiger partial charge < -0.3 is 20.7 Å². The number of carbonyl (C=O) groups is 3. The van der Waals surface area contributed by atoms with Crippen LogP contribution in [-0.4, -0.2) is 40.9 Å². The Labute approximate surface area is 281 Å². The van der Waals surface area contributed by atoms with Gasteiger partial charge in [-0.3, -0.25) is 14.4 Å². The molecular formula is C28H15Cl3F11N3O4. The Bertz CT molecular complexity index is 1820. The minimum absolute atomic E-state index is 0.160. The summed E-state index contributed by atoms with van der Waals surface area (Å²) >= 11 is 18.4. The molecule has 0 bridgehead atoms. The lowest BCUT2D eigenvalue weighted by Crippen LogP contribution is -2.41. The molecule has 264 valence electrons. The molecule has 0 heterocycles. The standard InChI is InChI=1S/C28H15Cl3F11N3O4/c29-14-3-2-11(43-24(48)20-19(25(20,30)31)10-1-4-15(32)13(7-10)26(35,36)37)8-12(14)23(47)44-17-6-5-16(33)22(21(17)34)45-18(46)9-49-28(41,42)27(38,39)40/h1-8,19-20H,9H2,(H,43,48)(H,44,47)(H,45,46)/t19-,20+/m0/s1. The molecule has 3 N–H and O–H groups in total. The number of nitrogens with one attached hydrogen (secondary N) is 3. The molecule has 1 saturated carbocycles. The molecule has 4 rings (SSSR count). The molecule has 49 heavy (non-hydrogen) atoms. The zero-order valence-corrected chi connectivity index (χ0v) is 25.7. The third-order valence-electron chi connectivity index (χ3n) is 6.79. The second-order valence-electron chi connectivity index (χ2n) is 10.1. The van der Waals surface area contributed by atoms with Crippen molar-refractivity contribution in [3.05, 3.63) is 87.7 Å². The Kier molecular flexibility index (Phi) is 10.4. The molecule has 1 aliphatic carbocycles. The van der Waals surface area contributed by atoms with Gasteiger partial charge in [0.2, 0.25) is 5.91 Å². The van der Waals surface area contributed by atoms with E-state index in [1.165, 1.54) is 11.4 Å². The molecule has 3 aromatic rings. The first kappa shape index (κ1) is 37.9. The second-order valence-corrected chi connectivity index (χ2v) is 12.0. The third kappa shape index (κ3) is 8.13. The molecule has 0 saturated heterocycles. The first-order chi connectivity index (χ1) is 22.5. The SMILES string of the molecule is O=C(COC(F)(F)C(F)(F)F)Nc1c(F)ccc(NC(=O)c2cc(NC(=O)[C@H]3[C@H](c4ccc(F)c(C(F)(F)F)c4)C3(Cl)Cl)ccc2Cl)c1F. The van der Waals surface area contributed by atoms with E-state index in [0.717, 1.165) is 18.2 Å². The van der Waals surface area contributed by atoms with Crippen molar-refractivity contribution in [1.29, 1.82) is 0 Å². The molecule has 0 radical (unpaired) electrons. The summed E-state index contributed by atoms with van der Waals surface area (Å²) in [6, 6.07) is 6.33. The number of ether oxygens (including phenoxy) is 1. The number of rotatable bonds is 9. The van der Waals surface area contributed by atoms with Gasteiger partial charge in [-0.15, -0.1) is 23.2 Å². The maximum Gasteiger partial charge on any atom is 0.482 e. The summed E-state index contributed by atoms with van der Waals surface area (Å²) < 4.78 is 146. The maximum atomic E-state index is 15.0. The van der Waals surface area contributed by atoms with E-state index >= 15 is 4.39 Å². The van der Waals surface area contributed by atoms with Gasteiger partial charge in [0.05, 0.1) is 27.8 Å². The van der Waals surface area contributed by atoms with Gasteiger partial charge in [-0.25, -0.2) is 13.2 Å². The minimum Gasteiger partial charge on any atom is -0.326 e. The number of hydrogen-bond donors (Lipinski definition) is 3. The van der Waals surface area contributed by atoms with E-state index < -0.39 is 98.9 Å². The fraction of sp³-hybridized carbons (Fsp3) is 0.250. The van der Waals surface area contributed by atoms with Crippen LogP contribution in [0.4, 0.5) is 65.4 Å². The van der Waals surface area contributed by atoms with Crippen molar-refractivity contribution in [3.8, 4) is 0 Å². The molecule has 0 spiro atoms. The van der Waals surface area contributed by atoms with Gasteiger partial charge in [0.1, 0.15) is 28.3 Å². The molecule has 3 aromatic carbocycles. The van der Waals surface area contributed by atoms with Crippen LogP contribution in [0.2, 0.25) is 5.02 Å². The third-order valence-corrected chi connectivity index (χ3v) is 8.06. The van der Waals surface area contributed by atoms with Gasteiger partial charge in [-0.2, -0.15) is 35.1 Å². The zero-order valence-electron chi connectivity index (χ0n) is 23.4. The second kappa shape index (κ2) is 13.4. The molecule has 0 unspecified atom stereocenters. The predicted octanol–water partition coefficient (Wildman–Crippen LogP) is 8.66. The summed E-state index contributed by atoms with van der Waals surface area (Å²) in [6.07, 6.45) is -17.0. The van der Waals surface area contributed by atoms with Crippen LogP contribution < -0.4 is 16.0 Å². The van der Waals surface area contributed by atoms with Gasteiger partial charge in [0, 0.05) is 11.6 Å². The first-order valence-corrected chi connectivity index (χ1v) is 14.1. The molecule has 0 aromatic heterocycles. The van der Waals surface area contributed by atoms with Crippen molar-refractivity contribution in [2.75, 3.05) is 22.6 Å². The van der Waals surface area contributed by atoms with Gasteiger partial charge in [0.25, 0.3) is 11.8 Å². The van der Waals surface area contributed by atoms with E-state index in [0.29, 0.717) is 24.3 Å². The van der Waals surface area contributed by atoms with Crippen molar-refractivity contribution < 1.29 is 67.4 Å². The Balaban J connectivity index is 1.48. The average molecular weight is 773 g/mol. The summed E-state index contributed by atoms with van der Waals surface area (Å²) in [5.74, 6) is -11.4. The fourth-order valence-corrected chi connectivity index (χ4v) is 5.42. The van der Waals surface area contributed by atoms with E-state index in [9.17, 15) is 58.3 Å². The molecule has 21 heteroatoms. The number of benzene rings is 3. The van der Waals surface area contributed by atoms with E-state index in [1.54, 1.807) is 0 Å². The lowest BCUT2D eigenvalue weighted by molar-refractivity contribution is -0.388. The topological polar surface area (TPSA) is 96.5 Å². The number of halogens is 14. The Morgan fingerprint density at radius 2 is 1.45 bits per heavy atom. The summed E-state index contributed by atoms with van der Waals surface area (Å²) in [6.45, 7) is -1.98. The lowest BCUT2D eigenvalue weighted by atomic mass is 10.0. The van der Waals surface area contributed by atoms with E-state index in [-0.39, 0.29) is 16.3 Å². The van der Waals surface area contributed by atoms with Crippen molar-refractivity contribution in [2.45, 2.75) is 28.7 Å². The Morgan fingerprint density at radius 1 is 0.816 bits per heavy atom. The highest BCUT2D eigenvalue weighted by molar-refractivity contribution is 6.53. The van der Waals surface area contributed by atoms with E-state index in [1.807, 2.05) is 5.32 Å². The van der Waals surface area contributed by atoms with Crippen molar-refractivity contribution in [3.63, 3.8) is 0 Å². The number of carbonyl (C=O) groups excluding carboxylic acids is 3. The van der Waals surface area contributed by atoms with E-state index in [2.05, 4.69) is 10.1 Å². The molecule has 2 atom stereocenters. The quantitative estimate of drug-likeness (QED) is 0.150. The monoisotopic (exact) mass is 771 g/mol. The van der Waals surface area contributed by atoms with E-state index in [4.69, 9.17) is 34.8 Å². The molecular weight excluding hydrogens is 758 g/mol. The number of alkyl halides is 10. The van der Waals surface area contributed by atoms with Gasteiger partial charge >= 0.3 is 18.5 Å². The molecule has 1 fully saturated rings. The van der Waals surface area contributed by atoms with Crippen molar-refractivity contribution in [2.24, 2.45) is 5.92 Å². The van der Waals surface area contributed by atoms with Crippen LogP contribution in [0.3, 0.4) is 0 Å². The highest BCUT2D eigenvalue weighted by Gasteiger charge is 2.68. The van der Waals surface area contributed by atoms with Crippen LogP contribution in [0.5, 0.6) is 0 Å². The van der Waals surface area contributed by atoms with Crippen molar-refractivity contribution >= 4 is 69.6 Å². The Hall–Kier alpha value is -3.87. The number of amides is 3. The van der Waals surface area contributed by atoms with Crippen LogP contribution in [0, 0.1) is 23.4 Å². The van der Waals surface area contributed by atoms with Crippen LogP contribution in [0.25, 0.3) is 0 Å². The summed E-state index contributed by atoms with van der Waals surface area (Å²) in [5.41, 5.74) is -4.63. The minimum atomic E-state index is -6.19. The first-order valence-electron chi connectivity index (χ1n) is 13.0. The molecule has 3 amide bonds. The highest BCUT2D eigenvalue weighted by Crippen LogP contribution is 2.65. The Morgan fingerprint density at radius 3 is 2.06 bits per heavy atom. The molecule has 0 aliphatic heterocycles. The van der Waals surface area contributed by atoms with Crippen LogP contribution >= 0.6 is 34.8 Å². The van der Waals surface area contributed by atoms with Gasteiger partial charge in [0.15, 0.2) is 5.82 Å². The van der Waals surface area contributed by atoms with Gasteiger partial charge in [-0.05, 0) is 48.0 Å². The maximum absolute atomic E-state index is 15.0. The summed E-state index contributed by atoms with van der Waals surface area (Å²) in [5, 5.41) is 5.42. The van der Waals surface area contributed by atoms with Crippen molar-refractivity contribution in [1.82, 2.24) is 0 Å². The number of hydrogen-bond acceptors (Lipinski definition) is 4. The highest BCUT2D eigenvalue weighted by atomic mass is 35.5.